The number of rotatable bonds is 3. The third-order valence-corrected chi connectivity index (χ3v) is 3.60. The second-order valence-electron chi connectivity index (χ2n) is 5.01. The smallest absolute Gasteiger partial charge is 0.284 e. The fourth-order valence-electron chi connectivity index (χ4n) is 2.51. The van der Waals surface area contributed by atoms with Crippen LogP contribution in [0.15, 0.2) is 33.9 Å². The minimum Gasteiger partial charge on any atom is -0.396 e. The zero-order chi connectivity index (χ0) is 15.9. The third kappa shape index (κ3) is 2.15. The molecule has 22 heavy (non-hydrogen) atoms. The fraction of sp³-hybridized carbons (Fsp3) is 0.200. The van der Waals surface area contributed by atoms with Crippen molar-refractivity contribution in [1.29, 1.82) is 0 Å². The molecule has 0 fully saturated rings. The number of pyridine rings is 1. The van der Waals surface area contributed by atoms with Crippen molar-refractivity contribution in [2.45, 2.75) is 13.3 Å². The number of H-pyrrole nitrogens is 2. The molecule has 0 saturated heterocycles. The number of aryl methyl sites for hydroxylation is 1. The number of fused-ring (bicyclic) bond motifs is 1. The van der Waals surface area contributed by atoms with Gasteiger partial charge in [-0.3, -0.25) is 14.7 Å². The quantitative estimate of drug-likeness (QED) is 0.674. The predicted octanol–water partition coefficient (Wildman–Crippen LogP) is 0.989. The monoisotopic (exact) mass is 303 g/mol. The molecule has 0 aliphatic rings. The van der Waals surface area contributed by atoms with Crippen molar-refractivity contribution in [2.24, 2.45) is 0 Å². The van der Waals surface area contributed by atoms with E-state index in [4.69, 9.17) is 5.11 Å². The highest BCUT2D eigenvalue weighted by Gasteiger charge is 2.16. The lowest BCUT2D eigenvalue weighted by molar-refractivity contribution is 0.299. The number of hydrogen-bond donors (Lipinski definition) is 3. The van der Waals surface area contributed by atoms with E-state index in [1.165, 1.54) is 28.9 Å². The highest BCUT2D eigenvalue weighted by atomic mass is 19.1. The predicted molar refractivity (Wildman–Crippen MR) is 80.0 cm³/mol. The van der Waals surface area contributed by atoms with Gasteiger partial charge in [0.25, 0.3) is 5.56 Å². The maximum Gasteiger partial charge on any atom is 0.284 e. The van der Waals surface area contributed by atoms with Crippen molar-refractivity contribution in [3.8, 4) is 5.69 Å². The summed E-state index contributed by atoms with van der Waals surface area (Å²) in [4.78, 5) is 27.9. The first kappa shape index (κ1) is 14.3. The molecule has 0 radical (unpaired) electrons. The van der Waals surface area contributed by atoms with Gasteiger partial charge < -0.3 is 10.1 Å². The summed E-state index contributed by atoms with van der Waals surface area (Å²) < 4.78 is 14.2. The van der Waals surface area contributed by atoms with Gasteiger partial charge in [0.05, 0.1) is 5.69 Å². The molecular weight excluding hydrogens is 289 g/mol. The van der Waals surface area contributed by atoms with Crippen LogP contribution in [0, 0.1) is 12.7 Å². The number of aromatic amines is 2. The third-order valence-electron chi connectivity index (χ3n) is 3.60. The molecule has 0 aliphatic carbocycles. The van der Waals surface area contributed by atoms with Crippen LogP contribution in [0.4, 0.5) is 4.39 Å². The van der Waals surface area contributed by atoms with Crippen molar-refractivity contribution in [1.82, 2.24) is 14.8 Å². The van der Waals surface area contributed by atoms with E-state index in [2.05, 4.69) is 10.1 Å². The molecule has 2 aromatic heterocycles. The molecule has 3 N–H and O–H groups in total. The number of aliphatic hydroxyl groups is 1. The van der Waals surface area contributed by atoms with Crippen LogP contribution in [0.1, 0.15) is 11.3 Å². The summed E-state index contributed by atoms with van der Waals surface area (Å²) in [6, 6.07) is 5.35. The minimum atomic E-state index is -0.512. The normalized spacial score (nSPS) is 11.2. The van der Waals surface area contributed by atoms with E-state index in [1.807, 2.05) is 0 Å². The number of aliphatic hydroxyl groups excluding tert-OH is 1. The van der Waals surface area contributed by atoms with Crippen LogP contribution in [-0.2, 0) is 6.42 Å². The number of halogens is 1. The first-order valence-electron chi connectivity index (χ1n) is 6.76. The van der Waals surface area contributed by atoms with Gasteiger partial charge in [0.15, 0.2) is 5.43 Å². The van der Waals surface area contributed by atoms with Crippen LogP contribution >= 0.6 is 0 Å². The van der Waals surface area contributed by atoms with Crippen LogP contribution in [0.25, 0.3) is 16.7 Å². The molecular formula is C15H14FN3O3. The summed E-state index contributed by atoms with van der Waals surface area (Å²) in [5.74, 6) is -0.412. The van der Waals surface area contributed by atoms with Gasteiger partial charge in [-0.1, -0.05) is 0 Å². The van der Waals surface area contributed by atoms with Crippen LogP contribution in [0.2, 0.25) is 0 Å². The van der Waals surface area contributed by atoms with E-state index in [0.717, 1.165) is 0 Å². The molecule has 0 spiro atoms. The lowest BCUT2D eigenvalue weighted by Crippen LogP contribution is -2.21. The number of nitrogens with one attached hydrogen (secondary N) is 2. The van der Waals surface area contributed by atoms with E-state index >= 15 is 0 Å². The number of aromatic nitrogens is 3. The molecule has 7 heteroatoms. The molecule has 0 unspecified atom stereocenters. The Balaban J connectivity index is 2.30. The maximum atomic E-state index is 13.0. The van der Waals surface area contributed by atoms with E-state index in [9.17, 15) is 14.0 Å². The molecule has 0 amide bonds. The van der Waals surface area contributed by atoms with E-state index < -0.39 is 16.8 Å². The van der Waals surface area contributed by atoms with E-state index in [1.54, 1.807) is 6.92 Å². The standard InChI is InChI=1S/C15H14FN3O3/c1-8-11(6-7-20)13(21)12-14(17-8)18-19(15(12)22)10-4-2-9(16)3-5-10/h2-5,20H,6-7H2,1H3,(H2,17,18,21). The Morgan fingerprint density at radius 3 is 2.55 bits per heavy atom. The largest absolute Gasteiger partial charge is 0.396 e. The van der Waals surface area contributed by atoms with Crippen molar-refractivity contribution in [3.05, 3.63) is 61.9 Å². The van der Waals surface area contributed by atoms with Crippen LogP contribution in [-0.4, -0.2) is 26.5 Å². The topological polar surface area (TPSA) is 90.9 Å². The van der Waals surface area contributed by atoms with Crippen LogP contribution in [0.5, 0.6) is 0 Å². The SMILES string of the molecule is Cc1[nH]c2[nH]n(-c3ccc(F)cc3)c(=O)c2c(=O)c1CCO. The Hall–Kier alpha value is -2.67. The maximum absolute atomic E-state index is 13.0. The zero-order valence-electron chi connectivity index (χ0n) is 11.8. The summed E-state index contributed by atoms with van der Waals surface area (Å²) in [7, 11) is 0. The average molecular weight is 303 g/mol. The molecule has 6 nitrogen and oxygen atoms in total. The molecule has 114 valence electrons. The Bertz CT molecular complexity index is 951. The molecule has 0 bridgehead atoms. The van der Waals surface area contributed by atoms with Gasteiger partial charge in [-0.05, 0) is 31.2 Å². The van der Waals surface area contributed by atoms with E-state index in [-0.39, 0.29) is 18.4 Å². The van der Waals surface area contributed by atoms with Crippen LogP contribution < -0.4 is 11.0 Å². The van der Waals surface area contributed by atoms with Gasteiger partial charge in [-0.25, -0.2) is 9.07 Å². The summed E-state index contributed by atoms with van der Waals surface area (Å²) in [5, 5.41) is 11.9. The summed E-state index contributed by atoms with van der Waals surface area (Å²) >= 11 is 0. The van der Waals surface area contributed by atoms with Gasteiger partial charge >= 0.3 is 0 Å². The molecule has 3 rings (SSSR count). The minimum absolute atomic E-state index is 0.00150. The first-order chi connectivity index (χ1) is 10.5. The van der Waals surface area contributed by atoms with E-state index in [0.29, 0.717) is 22.6 Å². The molecule has 0 saturated carbocycles. The Kier molecular flexibility index (Phi) is 3.42. The summed E-state index contributed by atoms with van der Waals surface area (Å²) in [5.41, 5.74) is 0.802. The number of nitrogens with zero attached hydrogens (tertiary/aromatic N) is 1. The van der Waals surface area contributed by atoms with Crippen LogP contribution in [0.3, 0.4) is 0 Å². The van der Waals surface area contributed by atoms with Gasteiger partial charge in [0.2, 0.25) is 0 Å². The van der Waals surface area contributed by atoms with Crippen molar-refractivity contribution in [3.63, 3.8) is 0 Å². The Morgan fingerprint density at radius 1 is 1.23 bits per heavy atom. The zero-order valence-corrected chi connectivity index (χ0v) is 11.8. The molecule has 0 atom stereocenters. The summed E-state index contributed by atoms with van der Waals surface area (Å²) in [6.07, 6.45) is 0.179. The molecule has 2 heterocycles. The molecule has 1 aromatic carbocycles. The lowest BCUT2D eigenvalue weighted by Gasteiger charge is -2.02. The highest BCUT2D eigenvalue weighted by Crippen LogP contribution is 2.11. The second-order valence-corrected chi connectivity index (χ2v) is 5.01. The first-order valence-corrected chi connectivity index (χ1v) is 6.76. The Labute approximate surface area is 123 Å². The number of hydrogen-bond acceptors (Lipinski definition) is 3. The van der Waals surface area contributed by atoms with Gasteiger partial charge in [-0.15, -0.1) is 0 Å². The molecule has 0 aliphatic heterocycles. The lowest BCUT2D eigenvalue weighted by atomic mass is 10.1. The van der Waals surface area contributed by atoms with Crippen molar-refractivity contribution >= 4 is 11.0 Å². The van der Waals surface area contributed by atoms with Gasteiger partial charge in [0.1, 0.15) is 16.9 Å². The Morgan fingerprint density at radius 2 is 1.91 bits per heavy atom. The number of benzene rings is 1. The highest BCUT2D eigenvalue weighted by molar-refractivity contribution is 5.75. The van der Waals surface area contributed by atoms with Gasteiger partial charge in [0, 0.05) is 24.3 Å². The van der Waals surface area contributed by atoms with Crippen molar-refractivity contribution in [2.75, 3.05) is 6.61 Å². The average Bonchev–Trinajstić information content (AvgIpc) is 2.81. The van der Waals surface area contributed by atoms with Gasteiger partial charge in [-0.2, -0.15) is 0 Å². The van der Waals surface area contributed by atoms with Crippen molar-refractivity contribution < 1.29 is 9.50 Å². The fourth-order valence-corrected chi connectivity index (χ4v) is 2.51. The summed E-state index contributed by atoms with van der Waals surface area (Å²) in [6.45, 7) is 1.53. The second kappa shape index (κ2) is 5.27. The molecule has 3 aromatic rings.